The first kappa shape index (κ1) is 11.3. The Morgan fingerprint density at radius 1 is 1.31 bits per heavy atom. The number of hydrogen-bond donors (Lipinski definition) is 1. The highest BCUT2D eigenvalue weighted by atomic mass is 16.5. The summed E-state index contributed by atoms with van der Waals surface area (Å²) in [7, 11) is 1.66. The highest BCUT2D eigenvalue weighted by Gasteiger charge is 2.22. The van der Waals surface area contributed by atoms with Crippen molar-refractivity contribution < 1.29 is 9.47 Å². The summed E-state index contributed by atoms with van der Waals surface area (Å²) < 4.78 is 11.2. The van der Waals surface area contributed by atoms with Crippen molar-refractivity contribution in [2.45, 2.75) is 38.3 Å². The van der Waals surface area contributed by atoms with Crippen molar-refractivity contribution in [1.29, 1.82) is 0 Å². The van der Waals surface area contributed by atoms with E-state index in [1.165, 1.54) is 6.42 Å². The van der Waals surface area contributed by atoms with Crippen LogP contribution < -0.4 is 15.2 Å². The summed E-state index contributed by atoms with van der Waals surface area (Å²) in [6.45, 7) is 1.95. The van der Waals surface area contributed by atoms with Gasteiger partial charge in [-0.25, -0.2) is 0 Å². The molecule has 1 saturated carbocycles. The Morgan fingerprint density at radius 3 is 2.50 bits per heavy atom. The quantitative estimate of drug-likeness (QED) is 0.850. The van der Waals surface area contributed by atoms with Crippen molar-refractivity contribution in [3.63, 3.8) is 0 Å². The maximum Gasteiger partial charge on any atom is 0.128 e. The normalized spacial score (nSPS) is 17.7. The molecule has 3 heteroatoms. The maximum absolute atomic E-state index is 5.97. The Balaban J connectivity index is 2.26. The van der Waals surface area contributed by atoms with Crippen LogP contribution in [0, 0.1) is 0 Å². The van der Waals surface area contributed by atoms with E-state index >= 15 is 0 Å². The summed E-state index contributed by atoms with van der Waals surface area (Å²) in [5, 5.41) is 0. The van der Waals surface area contributed by atoms with E-state index in [9.17, 15) is 0 Å². The second-order valence-corrected chi connectivity index (χ2v) is 4.33. The summed E-state index contributed by atoms with van der Waals surface area (Å²) in [5.74, 6) is 1.69. The average molecular weight is 221 g/mol. The topological polar surface area (TPSA) is 44.5 Å². The molecule has 0 spiro atoms. The Morgan fingerprint density at radius 2 is 2.00 bits per heavy atom. The smallest absolute Gasteiger partial charge is 0.128 e. The first-order valence-corrected chi connectivity index (χ1v) is 5.81. The van der Waals surface area contributed by atoms with Crippen molar-refractivity contribution in [2.75, 3.05) is 7.11 Å². The van der Waals surface area contributed by atoms with Gasteiger partial charge in [0.15, 0.2) is 0 Å². The minimum absolute atomic E-state index is 0.0776. The summed E-state index contributed by atoms with van der Waals surface area (Å²) in [6.07, 6.45) is 3.93. The fraction of sp³-hybridized carbons (Fsp3) is 0.538. The molecule has 2 N–H and O–H groups in total. The summed E-state index contributed by atoms with van der Waals surface area (Å²) in [5.41, 5.74) is 6.94. The molecule has 1 fully saturated rings. The van der Waals surface area contributed by atoms with Crippen molar-refractivity contribution in [2.24, 2.45) is 5.73 Å². The maximum atomic E-state index is 5.97. The van der Waals surface area contributed by atoms with E-state index in [-0.39, 0.29) is 6.04 Å². The van der Waals surface area contributed by atoms with Gasteiger partial charge in [-0.15, -0.1) is 0 Å². The van der Waals surface area contributed by atoms with Gasteiger partial charge in [-0.2, -0.15) is 0 Å². The molecule has 1 aliphatic rings. The van der Waals surface area contributed by atoms with E-state index in [1.54, 1.807) is 7.11 Å². The van der Waals surface area contributed by atoms with E-state index in [1.807, 2.05) is 25.1 Å². The third-order valence-corrected chi connectivity index (χ3v) is 3.05. The first-order valence-electron chi connectivity index (χ1n) is 5.81. The molecule has 2 rings (SSSR count). The molecule has 16 heavy (non-hydrogen) atoms. The summed E-state index contributed by atoms with van der Waals surface area (Å²) in [6, 6.07) is 5.76. The number of ether oxygens (including phenoxy) is 2. The zero-order valence-electron chi connectivity index (χ0n) is 9.90. The third-order valence-electron chi connectivity index (χ3n) is 3.05. The van der Waals surface area contributed by atoms with Crippen LogP contribution in [-0.4, -0.2) is 13.2 Å². The van der Waals surface area contributed by atoms with Gasteiger partial charge >= 0.3 is 0 Å². The Kier molecular flexibility index (Phi) is 3.34. The fourth-order valence-electron chi connectivity index (χ4n) is 1.92. The second kappa shape index (κ2) is 4.74. The van der Waals surface area contributed by atoms with Gasteiger partial charge in [-0.1, -0.05) is 6.07 Å². The molecule has 0 bridgehead atoms. The monoisotopic (exact) mass is 221 g/mol. The zero-order valence-corrected chi connectivity index (χ0v) is 9.90. The Hall–Kier alpha value is -1.22. The molecular weight excluding hydrogens is 202 g/mol. The van der Waals surface area contributed by atoms with Gasteiger partial charge in [0, 0.05) is 6.04 Å². The number of rotatable bonds is 4. The lowest BCUT2D eigenvalue weighted by Gasteiger charge is -2.28. The molecule has 88 valence electrons. The molecule has 3 nitrogen and oxygen atoms in total. The number of methoxy groups -OCH3 is 1. The van der Waals surface area contributed by atoms with Crippen LogP contribution in [0.4, 0.5) is 0 Å². The molecule has 0 unspecified atom stereocenters. The minimum atomic E-state index is -0.0776. The van der Waals surface area contributed by atoms with Gasteiger partial charge in [-0.3, -0.25) is 0 Å². The SMILES string of the molecule is COc1cccc(OC2CCC2)c1[C@H](C)N. The van der Waals surface area contributed by atoms with Crippen LogP contribution in [0.5, 0.6) is 11.5 Å². The van der Waals surface area contributed by atoms with Gasteiger partial charge < -0.3 is 15.2 Å². The van der Waals surface area contributed by atoms with Gasteiger partial charge in [-0.05, 0) is 38.3 Å². The van der Waals surface area contributed by atoms with E-state index in [0.29, 0.717) is 6.10 Å². The van der Waals surface area contributed by atoms with Gasteiger partial charge in [0.05, 0.1) is 18.8 Å². The highest BCUT2D eigenvalue weighted by Crippen LogP contribution is 2.35. The van der Waals surface area contributed by atoms with Crippen molar-refractivity contribution in [3.8, 4) is 11.5 Å². The van der Waals surface area contributed by atoms with Crippen LogP contribution in [0.3, 0.4) is 0 Å². The minimum Gasteiger partial charge on any atom is -0.496 e. The van der Waals surface area contributed by atoms with Gasteiger partial charge in [0.25, 0.3) is 0 Å². The third kappa shape index (κ3) is 2.14. The number of nitrogens with two attached hydrogens (primary N) is 1. The molecule has 0 saturated heterocycles. The highest BCUT2D eigenvalue weighted by molar-refractivity contribution is 5.46. The molecule has 1 aromatic carbocycles. The lowest BCUT2D eigenvalue weighted by atomic mass is 9.96. The van der Waals surface area contributed by atoms with Crippen LogP contribution in [0.2, 0.25) is 0 Å². The standard InChI is InChI=1S/C13H19NO2/c1-9(14)13-11(15-2)7-4-8-12(13)16-10-5-3-6-10/h4,7-10H,3,5-6,14H2,1-2H3/t9-/m0/s1. The van der Waals surface area contributed by atoms with E-state index in [0.717, 1.165) is 29.9 Å². The number of hydrogen-bond acceptors (Lipinski definition) is 3. The fourth-order valence-corrected chi connectivity index (χ4v) is 1.92. The van der Waals surface area contributed by atoms with E-state index in [4.69, 9.17) is 15.2 Å². The molecule has 0 amide bonds. The summed E-state index contributed by atoms with van der Waals surface area (Å²) >= 11 is 0. The van der Waals surface area contributed by atoms with E-state index < -0.39 is 0 Å². The van der Waals surface area contributed by atoms with Crippen LogP contribution in [0.1, 0.15) is 37.8 Å². The molecule has 1 aliphatic carbocycles. The predicted octanol–water partition coefficient (Wildman–Crippen LogP) is 2.65. The molecule has 1 atom stereocenters. The lowest BCUT2D eigenvalue weighted by molar-refractivity contribution is 0.118. The van der Waals surface area contributed by atoms with Crippen LogP contribution in [0.25, 0.3) is 0 Å². The largest absolute Gasteiger partial charge is 0.496 e. The molecule has 0 aliphatic heterocycles. The van der Waals surface area contributed by atoms with Crippen molar-refractivity contribution in [1.82, 2.24) is 0 Å². The van der Waals surface area contributed by atoms with Crippen LogP contribution in [-0.2, 0) is 0 Å². The molecule has 1 aromatic rings. The molecular formula is C13H19NO2. The molecule has 0 heterocycles. The van der Waals surface area contributed by atoms with Crippen LogP contribution in [0.15, 0.2) is 18.2 Å². The second-order valence-electron chi connectivity index (χ2n) is 4.33. The van der Waals surface area contributed by atoms with Crippen molar-refractivity contribution >= 4 is 0 Å². The first-order chi connectivity index (χ1) is 7.72. The van der Waals surface area contributed by atoms with Gasteiger partial charge in [0.2, 0.25) is 0 Å². The Bertz CT molecular complexity index is 359. The molecule has 0 aromatic heterocycles. The van der Waals surface area contributed by atoms with Crippen molar-refractivity contribution in [3.05, 3.63) is 23.8 Å². The lowest BCUT2D eigenvalue weighted by Crippen LogP contribution is -2.25. The average Bonchev–Trinajstić information content (AvgIpc) is 2.22. The predicted molar refractivity (Wildman–Crippen MR) is 63.9 cm³/mol. The zero-order chi connectivity index (χ0) is 11.5. The van der Waals surface area contributed by atoms with E-state index in [2.05, 4.69) is 0 Å². The Labute approximate surface area is 96.5 Å². The molecule has 0 radical (unpaired) electrons. The van der Waals surface area contributed by atoms with Gasteiger partial charge in [0.1, 0.15) is 11.5 Å². The van der Waals surface area contributed by atoms with Crippen LogP contribution >= 0.6 is 0 Å². The number of benzene rings is 1. The summed E-state index contributed by atoms with van der Waals surface area (Å²) in [4.78, 5) is 0.